The Morgan fingerprint density at radius 3 is 2.65 bits per heavy atom. The van der Waals surface area contributed by atoms with E-state index in [9.17, 15) is 8.42 Å². The first-order chi connectivity index (χ1) is 9.34. The second kappa shape index (κ2) is 7.36. The van der Waals surface area contributed by atoms with Gasteiger partial charge in [-0.2, -0.15) is 4.31 Å². The van der Waals surface area contributed by atoms with E-state index in [4.69, 9.17) is 0 Å². The van der Waals surface area contributed by atoms with Crippen molar-refractivity contribution < 1.29 is 8.42 Å². The van der Waals surface area contributed by atoms with Crippen molar-refractivity contribution >= 4 is 26.0 Å². The van der Waals surface area contributed by atoms with Gasteiger partial charge in [-0.25, -0.2) is 8.42 Å². The number of sulfonamides is 1. The summed E-state index contributed by atoms with van der Waals surface area (Å²) in [6, 6.07) is 3.68. The van der Waals surface area contributed by atoms with Gasteiger partial charge in [-0.1, -0.05) is 28.9 Å². The van der Waals surface area contributed by atoms with Crippen LogP contribution in [0.25, 0.3) is 0 Å². The predicted octanol–water partition coefficient (Wildman–Crippen LogP) is 2.67. The zero-order chi connectivity index (χ0) is 15.3. The molecule has 20 heavy (non-hydrogen) atoms. The molecular weight excluding hydrogens is 340 g/mol. The highest BCUT2D eigenvalue weighted by atomic mass is 79.9. The van der Waals surface area contributed by atoms with Gasteiger partial charge in [-0.3, -0.25) is 0 Å². The van der Waals surface area contributed by atoms with E-state index in [1.165, 1.54) is 4.31 Å². The van der Waals surface area contributed by atoms with Crippen LogP contribution in [-0.4, -0.2) is 32.9 Å². The molecule has 6 heteroatoms. The molecule has 112 valence electrons. The van der Waals surface area contributed by atoms with Gasteiger partial charge < -0.3 is 5.32 Å². The van der Waals surface area contributed by atoms with Crippen molar-refractivity contribution in [3.05, 3.63) is 40.4 Å². The molecule has 0 spiro atoms. The highest BCUT2D eigenvalue weighted by Gasteiger charge is 2.23. The smallest absolute Gasteiger partial charge is 0.243 e. The highest BCUT2D eigenvalue weighted by molar-refractivity contribution is 9.10. The third-order valence-electron chi connectivity index (χ3n) is 3.01. The molecule has 0 radical (unpaired) electrons. The van der Waals surface area contributed by atoms with Gasteiger partial charge in [0.15, 0.2) is 0 Å². The molecule has 0 saturated heterocycles. The number of likely N-dealkylation sites (N-methyl/N-ethyl adjacent to an activating group) is 1. The van der Waals surface area contributed by atoms with E-state index in [1.807, 2.05) is 13.0 Å². The maximum Gasteiger partial charge on any atom is 0.243 e. The average molecular weight is 361 g/mol. The molecule has 0 aliphatic heterocycles. The Labute approximate surface area is 130 Å². The van der Waals surface area contributed by atoms with E-state index in [-0.39, 0.29) is 6.54 Å². The third-order valence-corrected chi connectivity index (χ3v) is 5.78. The number of rotatable bonds is 7. The zero-order valence-corrected chi connectivity index (χ0v) is 14.5. The third kappa shape index (κ3) is 3.91. The van der Waals surface area contributed by atoms with Gasteiger partial charge in [0.1, 0.15) is 0 Å². The monoisotopic (exact) mass is 360 g/mol. The van der Waals surface area contributed by atoms with Crippen LogP contribution in [0, 0.1) is 6.92 Å². The van der Waals surface area contributed by atoms with Gasteiger partial charge >= 0.3 is 0 Å². The Bertz CT molecular complexity index is 585. The molecule has 0 unspecified atom stereocenters. The largest absolute Gasteiger partial charge is 0.313 e. The quantitative estimate of drug-likeness (QED) is 0.760. The summed E-state index contributed by atoms with van der Waals surface area (Å²) in [6.07, 6.45) is 1.57. The van der Waals surface area contributed by atoms with Crippen LogP contribution in [0.1, 0.15) is 18.1 Å². The Morgan fingerprint density at radius 2 is 2.10 bits per heavy atom. The average Bonchev–Trinajstić information content (AvgIpc) is 2.39. The number of halogens is 1. The van der Waals surface area contributed by atoms with Crippen LogP contribution in [0.15, 0.2) is 34.2 Å². The van der Waals surface area contributed by atoms with E-state index < -0.39 is 10.0 Å². The minimum Gasteiger partial charge on any atom is -0.313 e. The second-order valence-corrected chi connectivity index (χ2v) is 7.42. The van der Waals surface area contributed by atoms with E-state index in [0.717, 1.165) is 22.1 Å². The van der Waals surface area contributed by atoms with Gasteiger partial charge in [-0.15, -0.1) is 6.58 Å². The van der Waals surface area contributed by atoms with Crippen molar-refractivity contribution in [1.82, 2.24) is 9.62 Å². The summed E-state index contributed by atoms with van der Waals surface area (Å²) < 4.78 is 27.2. The fourth-order valence-corrected chi connectivity index (χ4v) is 3.87. The summed E-state index contributed by atoms with van der Waals surface area (Å²) in [7, 11) is -1.94. The van der Waals surface area contributed by atoms with E-state index in [2.05, 4.69) is 27.8 Å². The zero-order valence-electron chi connectivity index (χ0n) is 12.1. The van der Waals surface area contributed by atoms with Gasteiger partial charge in [0.25, 0.3) is 0 Å². The molecule has 0 aliphatic rings. The summed E-state index contributed by atoms with van der Waals surface area (Å²) >= 11 is 3.44. The van der Waals surface area contributed by atoms with Crippen LogP contribution in [0.4, 0.5) is 0 Å². The molecule has 4 nitrogen and oxygen atoms in total. The molecule has 0 aliphatic carbocycles. The number of benzene rings is 1. The van der Waals surface area contributed by atoms with Crippen LogP contribution < -0.4 is 5.32 Å². The lowest BCUT2D eigenvalue weighted by molar-refractivity contribution is 0.498. The molecule has 0 aromatic heterocycles. The predicted molar refractivity (Wildman–Crippen MR) is 86.3 cm³/mol. The molecule has 1 rings (SSSR count). The highest BCUT2D eigenvalue weighted by Crippen LogP contribution is 2.27. The number of nitrogens with zero attached hydrogens (tertiary/aromatic N) is 1. The van der Waals surface area contributed by atoms with Gasteiger partial charge in [0.2, 0.25) is 10.0 Å². The Hall–Kier alpha value is -0.690. The van der Waals surface area contributed by atoms with Gasteiger partial charge in [0, 0.05) is 24.6 Å². The minimum atomic E-state index is -3.50. The topological polar surface area (TPSA) is 49.4 Å². The minimum absolute atomic E-state index is 0.289. The van der Waals surface area contributed by atoms with Crippen molar-refractivity contribution in [2.45, 2.75) is 25.3 Å². The Morgan fingerprint density at radius 1 is 1.45 bits per heavy atom. The summed E-state index contributed by atoms with van der Waals surface area (Å²) in [5.74, 6) is 0. The van der Waals surface area contributed by atoms with Crippen LogP contribution >= 0.6 is 15.9 Å². The standard InChI is InChI=1S/C14H21BrN2O2S/c1-5-7-17(4)20(18,19)14-9-12(10-16-6-2)8-13(15)11(14)3/h5,8-9,16H,1,6-7,10H2,2-4H3. The molecule has 0 bridgehead atoms. The fraction of sp³-hybridized carbons (Fsp3) is 0.429. The van der Waals surface area contributed by atoms with Crippen LogP contribution in [0.3, 0.4) is 0 Å². The number of hydrogen-bond acceptors (Lipinski definition) is 3. The molecule has 0 fully saturated rings. The van der Waals surface area contributed by atoms with Crippen LogP contribution in [-0.2, 0) is 16.6 Å². The van der Waals surface area contributed by atoms with Crippen molar-refractivity contribution in [2.24, 2.45) is 0 Å². The first-order valence-corrected chi connectivity index (χ1v) is 8.64. The SMILES string of the molecule is C=CCN(C)S(=O)(=O)c1cc(CNCC)cc(Br)c1C. The fourth-order valence-electron chi connectivity index (χ4n) is 1.79. The molecule has 0 atom stereocenters. The molecule has 1 aromatic rings. The van der Waals surface area contributed by atoms with Gasteiger partial charge in [-0.05, 0) is 36.7 Å². The number of nitrogens with one attached hydrogen (secondary N) is 1. The van der Waals surface area contributed by atoms with Crippen molar-refractivity contribution in [3.8, 4) is 0 Å². The van der Waals surface area contributed by atoms with Crippen LogP contribution in [0.5, 0.6) is 0 Å². The van der Waals surface area contributed by atoms with Crippen molar-refractivity contribution in [3.63, 3.8) is 0 Å². The molecule has 0 saturated carbocycles. The molecule has 1 aromatic carbocycles. The maximum absolute atomic E-state index is 12.6. The second-order valence-electron chi connectivity index (χ2n) is 4.56. The normalized spacial score (nSPS) is 11.8. The summed E-state index contributed by atoms with van der Waals surface area (Å²) in [5.41, 5.74) is 1.66. The lowest BCUT2D eigenvalue weighted by atomic mass is 10.1. The molecule has 0 heterocycles. The van der Waals surface area contributed by atoms with E-state index in [1.54, 1.807) is 26.1 Å². The first-order valence-electron chi connectivity index (χ1n) is 6.41. The molecule has 1 N–H and O–H groups in total. The summed E-state index contributed by atoms with van der Waals surface area (Å²) in [6.45, 7) is 9.16. The first kappa shape index (κ1) is 17.4. The maximum atomic E-state index is 12.6. The van der Waals surface area contributed by atoms with Gasteiger partial charge in [0.05, 0.1) is 4.90 Å². The van der Waals surface area contributed by atoms with Crippen LogP contribution in [0.2, 0.25) is 0 Å². The van der Waals surface area contributed by atoms with Crippen molar-refractivity contribution in [2.75, 3.05) is 20.1 Å². The summed E-state index contributed by atoms with van der Waals surface area (Å²) in [4.78, 5) is 0.337. The lowest BCUT2D eigenvalue weighted by Crippen LogP contribution is -2.28. The molecular formula is C14H21BrN2O2S. The number of hydrogen-bond donors (Lipinski definition) is 1. The van der Waals surface area contributed by atoms with Crippen molar-refractivity contribution in [1.29, 1.82) is 0 Å². The summed E-state index contributed by atoms with van der Waals surface area (Å²) in [5, 5.41) is 3.20. The Kier molecular flexibility index (Phi) is 6.39. The van der Waals surface area contributed by atoms with E-state index >= 15 is 0 Å². The molecule has 0 amide bonds. The Balaban J connectivity index is 3.28. The van der Waals surface area contributed by atoms with E-state index in [0.29, 0.717) is 11.4 Å². The lowest BCUT2D eigenvalue weighted by Gasteiger charge is -2.18.